The molecule has 0 atom stereocenters. The molecule has 5 aromatic rings. The van der Waals surface area contributed by atoms with Crippen LogP contribution in [0.3, 0.4) is 0 Å². The first-order chi connectivity index (χ1) is 16.9. The van der Waals surface area contributed by atoms with Gasteiger partial charge in [-0.15, -0.1) is 10.2 Å². The number of nitrogens with zero attached hydrogens (tertiary/aromatic N) is 4. The van der Waals surface area contributed by atoms with Crippen LogP contribution >= 0.6 is 35.2 Å². The van der Waals surface area contributed by atoms with Crippen LogP contribution < -0.4 is 10.6 Å². The molecule has 0 aliphatic rings. The molecule has 1 amide bonds. The average molecular weight is 523 g/mol. The first-order valence-electron chi connectivity index (χ1n) is 10.6. The molecule has 11 heteroatoms. The Kier molecular flexibility index (Phi) is 6.33. The number of carbonyl (C=O) groups excluding carboxylic acids is 1. The number of halogens is 1. The molecule has 8 nitrogen and oxygen atoms in total. The molecule has 5 rings (SSSR count). The highest BCUT2D eigenvalue weighted by atomic mass is 35.5. The zero-order chi connectivity index (χ0) is 24.5. The molecule has 0 saturated carbocycles. The topological polar surface area (TPSA) is 97.4 Å². The van der Waals surface area contributed by atoms with E-state index < -0.39 is 5.91 Å². The number of furan rings is 1. The largest absolute Gasteiger partial charge is 0.451 e. The molecule has 0 spiro atoms. The number of aryl methyl sites for hydroxylation is 2. The van der Waals surface area contributed by atoms with Crippen molar-refractivity contribution < 1.29 is 9.21 Å². The van der Waals surface area contributed by atoms with E-state index in [0.29, 0.717) is 17.3 Å². The van der Waals surface area contributed by atoms with E-state index in [1.165, 1.54) is 11.3 Å². The van der Waals surface area contributed by atoms with Gasteiger partial charge >= 0.3 is 0 Å². The first kappa shape index (κ1) is 23.2. The minimum Gasteiger partial charge on any atom is -0.451 e. The van der Waals surface area contributed by atoms with Crippen molar-refractivity contribution in [1.82, 2.24) is 30.4 Å². The average Bonchev–Trinajstić information content (AvgIpc) is 3.58. The summed E-state index contributed by atoms with van der Waals surface area (Å²) >= 11 is 12.9. The van der Waals surface area contributed by atoms with Crippen LogP contribution in [0.5, 0.6) is 0 Å². The van der Waals surface area contributed by atoms with Crippen molar-refractivity contribution in [1.29, 1.82) is 0 Å². The third-order valence-electron chi connectivity index (χ3n) is 5.31. The molecule has 0 saturated heterocycles. The van der Waals surface area contributed by atoms with E-state index in [2.05, 4.69) is 25.9 Å². The molecule has 2 aromatic carbocycles. The van der Waals surface area contributed by atoms with E-state index in [-0.39, 0.29) is 10.9 Å². The van der Waals surface area contributed by atoms with E-state index in [1.54, 1.807) is 22.7 Å². The number of rotatable bonds is 5. The van der Waals surface area contributed by atoms with E-state index in [0.717, 1.165) is 38.0 Å². The summed E-state index contributed by atoms with van der Waals surface area (Å²) < 4.78 is 7.43. The van der Waals surface area contributed by atoms with Gasteiger partial charge < -0.3 is 9.73 Å². The van der Waals surface area contributed by atoms with Crippen LogP contribution in [0.2, 0.25) is 5.02 Å². The lowest BCUT2D eigenvalue weighted by atomic mass is 10.1. The maximum absolute atomic E-state index is 12.5. The number of thiocarbonyl (C=S) groups is 1. The summed E-state index contributed by atoms with van der Waals surface area (Å²) in [6, 6.07) is 16.9. The van der Waals surface area contributed by atoms with Crippen LogP contribution in [0.4, 0.5) is 0 Å². The van der Waals surface area contributed by atoms with Crippen LogP contribution in [0.15, 0.2) is 59.0 Å². The molecule has 0 radical (unpaired) electrons. The smallest absolute Gasteiger partial charge is 0.293 e. The van der Waals surface area contributed by atoms with Crippen LogP contribution in [0.1, 0.15) is 27.5 Å². The van der Waals surface area contributed by atoms with Crippen molar-refractivity contribution in [2.45, 2.75) is 20.4 Å². The summed E-state index contributed by atoms with van der Waals surface area (Å²) in [6.07, 6.45) is 0. The van der Waals surface area contributed by atoms with Gasteiger partial charge in [-0.2, -0.15) is 9.61 Å². The Bertz CT molecular complexity index is 1550. The fraction of sp³-hybridized carbons (Fsp3) is 0.125. The number of hydrogen-bond acceptors (Lipinski definition) is 7. The van der Waals surface area contributed by atoms with Crippen LogP contribution in [0.25, 0.3) is 26.9 Å². The molecular formula is C24H19ClN6O2S2. The van der Waals surface area contributed by atoms with Crippen molar-refractivity contribution in [3.8, 4) is 21.9 Å². The van der Waals surface area contributed by atoms with Crippen molar-refractivity contribution in [2.24, 2.45) is 0 Å². The quantitative estimate of drug-likeness (QED) is 0.307. The normalized spacial score (nSPS) is 11.1. The van der Waals surface area contributed by atoms with Gasteiger partial charge in [0.25, 0.3) is 5.91 Å². The van der Waals surface area contributed by atoms with Crippen LogP contribution in [-0.4, -0.2) is 30.8 Å². The predicted molar refractivity (Wildman–Crippen MR) is 140 cm³/mol. The molecule has 2 N–H and O–H groups in total. The van der Waals surface area contributed by atoms with Gasteiger partial charge in [-0.3, -0.25) is 10.1 Å². The van der Waals surface area contributed by atoms with Crippen molar-refractivity contribution in [3.63, 3.8) is 0 Å². The highest BCUT2D eigenvalue weighted by Crippen LogP contribution is 2.27. The SMILES string of the molecule is Cc1ccc(-c2ccc(C(=O)NC(=S)NCc3ccc(-c4nn5c(C)nnc5s4)cc3)o2)cc1Cl. The summed E-state index contributed by atoms with van der Waals surface area (Å²) in [4.78, 5) is 13.3. The van der Waals surface area contributed by atoms with Gasteiger partial charge in [0.05, 0.1) is 0 Å². The Morgan fingerprint density at radius 3 is 2.60 bits per heavy atom. The third kappa shape index (κ3) is 4.95. The van der Waals surface area contributed by atoms with Crippen molar-refractivity contribution in [3.05, 3.63) is 82.3 Å². The molecule has 3 aromatic heterocycles. The van der Waals surface area contributed by atoms with E-state index in [4.69, 9.17) is 28.2 Å². The van der Waals surface area contributed by atoms with E-state index in [1.807, 2.05) is 50.2 Å². The number of hydrogen-bond donors (Lipinski definition) is 2. The Morgan fingerprint density at radius 1 is 1.09 bits per heavy atom. The maximum Gasteiger partial charge on any atom is 0.293 e. The minimum absolute atomic E-state index is 0.158. The second kappa shape index (κ2) is 9.57. The monoisotopic (exact) mass is 522 g/mol. The zero-order valence-corrected chi connectivity index (χ0v) is 21.1. The van der Waals surface area contributed by atoms with Gasteiger partial charge in [-0.25, -0.2) is 0 Å². The number of benzene rings is 2. The summed E-state index contributed by atoms with van der Waals surface area (Å²) in [5.41, 5.74) is 3.75. The Morgan fingerprint density at radius 2 is 1.86 bits per heavy atom. The van der Waals surface area contributed by atoms with Crippen molar-refractivity contribution in [2.75, 3.05) is 0 Å². The van der Waals surface area contributed by atoms with Gasteiger partial charge in [0.2, 0.25) is 4.96 Å². The molecule has 0 fully saturated rings. The summed E-state index contributed by atoms with van der Waals surface area (Å²) in [5, 5.41) is 20.0. The first-order valence-corrected chi connectivity index (χ1v) is 12.2. The standard InChI is InChI=1S/C24H19ClN6O2S2/c1-13-3-6-17(11-18(13)25)19-9-10-20(33-19)21(32)27-23(34)26-12-15-4-7-16(8-5-15)22-30-31-14(2)28-29-24(31)35-22/h3-11H,12H2,1-2H3,(H2,26,27,32,34). The van der Waals surface area contributed by atoms with Crippen LogP contribution in [-0.2, 0) is 6.54 Å². The van der Waals surface area contributed by atoms with E-state index >= 15 is 0 Å². The third-order valence-corrected chi connectivity index (χ3v) is 6.92. The zero-order valence-electron chi connectivity index (χ0n) is 18.7. The lowest BCUT2D eigenvalue weighted by Gasteiger charge is -2.09. The number of nitrogens with one attached hydrogen (secondary N) is 2. The van der Waals surface area contributed by atoms with E-state index in [9.17, 15) is 4.79 Å². The summed E-state index contributed by atoms with van der Waals surface area (Å²) in [5.74, 6) is 1.03. The Balaban J connectivity index is 1.16. The highest BCUT2D eigenvalue weighted by molar-refractivity contribution is 7.80. The van der Waals surface area contributed by atoms with Gasteiger partial charge in [0.15, 0.2) is 16.7 Å². The fourth-order valence-electron chi connectivity index (χ4n) is 3.35. The molecule has 176 valence electrons. The number of carbonyl (C=O) groups is 1. The van der Waals surface area contributed by atoms with Gasteiger partial charge in [-0.1, -0.05) is 59.3 Å². The molecule has 0 aliphatic heterocycles. The Hall–Kier alpha value is -3.60. The molecular weight excluding hydrogens is 504 g/mol. The Labute approximate surface area is 214 Å². The number of aromatic nitrogens is 4. The van der Waals surface area contributed by atoms with Gasteiger partial charge in [-0.05, 0) is 55.4 Å². The summed E-state index contributed by atoms with van der Waals surface area (Å²) in [7, 11) is 0. The van der Waals surface area contributed by atoms with Crippen LogP contribution in [0, 0.1) is 13.8 Å². The number of fused-ring (bicyclic) bond motifs is 1. The molecule has 0 aliphatic carbocycles. The molecule has 0 bridgehead atoms. The van der Waals surface area contributed by atoms with Crippen molar-refractivity contribution >= 4 is 51.1 Å². The lowest BCUT2D eigenvalue weighted by molar-refractivity contribution is 0.0950. The second-order valence-corrected chi connectivity index (χ2v) is 9.58. The lowest BCUT2D eigenvalue weighted by Crippen LogP contribution is -2.38. The molecule has 3 heterocycles. The summed E-state index contributed by atoms with van der Waals surface area (Å²) in [6.45, 7) is 4.24. The maximum atomic E-state index is 12.5. The molecule has 0 unspecified atom stereocenters. The predicted octanol–water partition coefficient (Wildman–Crippen LogP) is 5.19. The number of amides is 1. The van der Waals surface area contributed by atoms with Gasteiger partial charge in [0.1, 0.15) is 10.8 Å². The minimum atomic E-state index is -0.430. The fourth-order valence-corrected chi connectivity index (χ4v) is 4.58. The second-order valence-electron chi connectivity index (χ2n) is 7.81. The molecule has 35 heavy (non-hydrogen) atoms. The highest BCUT2D eigenvalue weighted by Gasteiger charge is 2.15. The van der Waals surface area contributed by atoms with Gasteiger partial charge in [0, 0.05) is 22.7 Å².